The van der Waals surface area contributed by atoms with Crippen molar-refractivity contribution in [2.45, 2.75) is 32.2 Å². The quantitative estimate of drug-likeness (QED) is 0.613. The van der Waals surface area contributed by atoms with E-state index >= 15 is 0 Å². The molecule has 3 aromatic rings. The summed E-state index contributed by atoms with van der Waals surface area (Å²) in [6.45, 7) is 4.16. The van der Waals surface area contributed by atoms with E-state index in [1.807, 2.05) is 58.1 Å². The predicted octanol–water partition coefficient (Wildman–Crippen LogP) is 3.23. The fraction of sp³-hybridized carbons (Fsp3) is 0.417. The van der Waals surface area contributed by atoms with Gasteiger partial charge in [-0.25, -0.2) is 4.98 Å². The van der Waals surface area contributed by atoms with Crippen LogP contribution in [0.4, 0.5) is 0 Å². The summed E-state index contributed by atoms with van der Waals surface area (Å²) in [5, 5.41) is 7.04. The molecule has 166 valence electrons. The van der Waals surface area contributed by atoms with Crippen LogP contribution in [0.5, 0.6) is 0 Å². The van der Waals surface area contributed by atoms with Gasteiger partial charge in [0.1, 0.15) is 5.69 Å². The molecule has 1 aromatic carbocycles. The number of carbonyl (C=O) groups excluding carboxylic acids is 2. The van der Waals surface area contributed by atoms with Gasteiger partial charge < -0.3 is 9.80 Å². The van der Waals surface area contributed by atoms with Gasteiger partial charge in [-0.05, 0) is 31.4 Å². The molecule has 0 aliphatic carbocycles. The van der Waals surface area contributed by atoms with Crippen LogP contribution in [0.3, 0.4) is 0 Å². The number of likely N-dealkylation sites (tertiary alicyclic amines) is 2. The smallest absolute Gasteiger partial charge is 0.273 e. The van der Waals surface area contributed by atoms with E-state index in [0.717, 1.165) is 35.7 Å². The molecule has 2 saturated heterocycles. The molecule has 0 saturated carbocycles. The van der Waals surface area contributed by atoms with E-state index in [-0.39, 0.29) is 17.7 Å². The number of rotatable bonds is 4. The van der Waals surface area contributed by atoms with E-state index in [4.69, 9.17) is 0 Å². The van der Waals surface area contributed by atoms with Crippen LogP contribution < -0.4 is 0 Å². The number of hydrogen-bond acceptors (Lipinski definition) is 5. The van der Waals surface area contributed by atoms with Crippen molar-refractivity contribution in [1.29, 1.82) is 0 Å². The minimum atomic E-state index is -0.637. The van der Waals surface area contributed by atoms with E-state index in [0.29, 0.717) is 25.3 Å². The molecular weight excluding hydrogens is 422 g/mol. The second-order valence-electron chi connectivity index (χ2n) is 8.84. The third-order valence-electron chi connectivity index (χ3n) is 6.86. The zero-order valence-electron chi connectivity index (χ0n) is 18.4. The van der Waals surface area contributed by atoms with Crippen molar-refractivity contribution < 1.29 is 9.59 Å². The molecule has 0 bridgehead atoms. The van der Waals surface area contributed by atoms with Crippen molar-refractivity contribution in [1.82, 2.24) is 24.6 Å². The van der Waals surface area contributed by atoms with Gasteiger partial charge in [-0.2, -0.15) is 5.10 Å². The first-order valence-corrected chi connectivity index (χ1v) is 11.9. The van der Waals surface area contributed by atoms with Crippen LogP contribution in [-0.2, 0) is 18.4 Å². The number of benzene rings is 1. The van der Waals surface area contributed by atoms with Crippen LogP contribution in [0, 0.1) is 12.3 Å². The first kappa shape index (κ1) is 20.9. The minimum absolute atomic E-state index is 0.0913. The lowest BCUT2D eigenvalue weighted by molar-refractivity contribution is -0.147. The lowest BCUT2D eigenvalue weighted by Crippen LogP contribution is -2.52. The number of amides is 2. The molecule has 8 heteroatoms. The molecule has 7 nitrogen and oxygen atoms in total. The molecule has 2 aromatic heterocycles. The van der Waals surface area contributed by atoms with Crippen LogP contribution in [-0.4, -0.2) is 56.0 Å². The Balaban J connectivity index is 1.49. The molecule has 0 N–H and O–H groups in total. The van der Waals surface area contributed by atoms with E-state index in [1.165, 1.54) is 11.3 Å². The van der Waals surface area contributed by atoms with Crippen molar-refractivity contribution in [3.63, 3.8) is 0 Å². The molecule has 5 rings (SSSR count). The van der Waals surface area contributed by atoms with Gasteiger partial charge in [0.25, 0.3) is 5.91 Å². The average Bonchev–Trinajstić information content (AvgIpc) is 3.51. The lowest BCUT2D eigenvalue weighted by Gasteiger charge is -2.42. The second kappa shape index (κ2) is 8.16. The van der Waals surface area contributed by atoms with Crippen molar-refractivity contribution in [3.05, 3.63) is 69.9 Å². The Labute approximate surface area is 191 Å². The van der Waals surface area contributed by atoms with Gasteiger partial charge in [-0.3, -0.25) is 14.3 Å². The zero-order valence-corrected chi connectivity index (χ0v) is 19.2. The normalized spacial score (nSPS) is 23.3. The van der Waals surface area contributed by atoms with Crippen molar-refractivity contribution >= 4 is 23.2 Å². The molecule has 0 unspecified atom stereocenters. The van der Waals surface area contributed by atoms with Crippen LogP contribution in [0.25, 0.3) is 0 Å². The van der Waals surface area contributed by atoms with Gasteiger partial charge in [0.2, 0.25) is 5.91 Å². The van der Waals surface area contributed by atoms with Crippen molar-refractivity contribution in [3.8, 4) is 0 Å². The highest BCUT2D eigenvalue weighted by atomic mass is 32.1. The Morgan fingerprint density at radius 1 is 1.25 bits per heavy atom. The van der Waals surface area contributed by atoms with Crippen molar-refractivity contribution in [2.75, 3.05) is 19.6 Å². The van der Waals surface area contributed by atoms with Gasteiger partial charge in [-0.15, -0.1) is 11.3 Å². The van der Waals surface area contributed by atoms with Crippen LogP contribution in [0.2, 0.25) is 0 Å². The summed E-state index contributed by atoms with van der Waals surface area (Å²) in [5.41, 5.74) is 1.96. The van der Waals surface area contributed by atoms with Crippen molar-refractivity contribution in [2.24, 2.45) is 12.5 Å². The standard InChI is InChI=1S/C24H27N5O2S/c1-17-26-20(15-32-17)22(30)29-14-19(21-9-11-25-27(21)2)24(16-29)10-6-12-28(23(24)31)13-18-7-4-3-5-8-18/h3-5,7-9,11,15,19H,6,10,12-14,16H2,1-2H3/t19-,24+/m0/s1. The molecule has 4 heterocycles. The number of nitrogens with zero attached hydrogens (tertiary/aromatic N) is 5. The molecule has 32 heavy (non-hydrogen) atoms. The van der Waals surface area contributed by atoms with Gasteiger partial charge in [-0.1, -0.05) is 30.3 Å². The predicted molar refractivity (Wildman–Crippen MR) is 122 cm³/mol. The maximum absolute atomic E-state index is 14.0. The summed E-state index contributed by atoms with van der Waals surface area (Å²) in [6.07, 6.45) is 3.46. The molecule has 2 amide bonds. The first-order valence-electron chi connectivity index (χ1n) is 11.0. The summed E-state index contributed by atoms with van der Waals surface area (Å²) in [4.78, 5) is 35.5. The number of carbonyl (C=O) groups is 2. The largest absolute Gasteiger partial charge is 0.338 e. The summed E-state index contributed by atoms with van der Waals surface area (Å²) < 4.78 is 1.84. The second-order valence-corrected chi connectivity index (χ2v) is 9.90. The molecule has 2 aliphatic heterocycles. The fourth-order valence-corrected chi connectivity index (χ4v) is 5.91. The molecule has 2 fully saturated rings. The van der Waals surface area contributed by atoms with Gasteiger partial charge in [0.05, 0.1) is 10.4 Å². The Bertz CT molecular complexity index is 1140. The topological polar surface area (TPSA) is 71.3 Å². The minimum Gasteiger partial charge on any atom is -0.338 e. The summed E-state index contributed by atoms with van der Waals surface area (Å²) >= 11 is 1.47. The maximum atomic E-state index is 14.0. The summed E-state index contributed by atoms with van der Waals surface area (Å²) in [7, 11) is 1.91. The Morgan fingerprint density at radius 2 is 2.06 bits per heavy atom. The molecule has 2 atom stereocenters. The number of aryl methyl sites for hydroxylation is 2. The van der Waals surface area contributed by atoms with E-state index in [1.54, 1.807) is 6.20 Å². The van der Waals surface area contributed by atoms with Gasteiger partial charge in [0, 0.05) is 56.4 Å². The lowest BCUT2D eigenvalue weighted by atomic mass is 9.70. The van der Waals surface area contributed by atoms with Crippen LogP contribution in [0.15, 0.2) is 48.0 Å². The fourth-order valence-electron chi connectivity index (χ4n) is 5.32. The first-order chi connectivity index (χ1) is 15.5. The molecular formula is C24H27N5O2S. The molecule has 0 radical (unpaired) electrons. The highest BCUT2D eigenvalue weighted by Crippen LogP contribution is 2.49. The monoisotopic (exact) mass is 449 g/mol. The average molecular weight is 450 g/mol. The van der Waals surface area contributed by atoms with Gasteiger partial charge >= 0.3 is 0 Å². The number of thiazole rings is 1. The Kier molecular flexibility index (Phi) is 5.33. The summed E-state index contributed by atoms with van der Waals surface area (Å²) in [5.74, 6) is -0.0420. The maximum Gasteiger partial charge on any atom is 0.273 e. The van der Waals surface area contributed by atoms with E-state index in [2.05, 4.69) is 22.2 Å². The highest BCUT2D eigenvalue weighted by molar-refractivity contribution is 7.09. The number of piperidine rings is 1. The van der Waals surface area contributed by atoms with Crippen LogP contribution >= 0.6 is 11.3 Å². The zero-order chi connectivity index (χ0) is 22.3. The highest BCUT2D eigenvalue weighted by Gasteiger charge is 2.57. The number of aromatic nitrogens is 3. The SMILES string of the molecule is Cc1nc(C(=O)N2C[C@@H](c3ccnn3C)[C@@]3(CCCN(Cc4ccccc4)C3=O)C2)cs1. The third-order valence-corrected chi connectivity index (χ3v) is 7.64. The van der Waals surface area contributed by atoms with E-state index < -0.39 is 5.41 Å². The summed E-state index contributed by atoms with van der Waals surface area (Å²) in [6, 6.07) is 12.1. The number of hydrogen-bond donors (Lipinski definition) is 0. The Morgan fingerprint density at radius 3 is 2.75 bits per heavy atom. The Hall–Kier alpha value is -3.00. The molecule has 2 aliphatic rings. The van der Waals surface area contributed by atoms with Gasteiger partial charge in [0.15, 0.2) is 0 Å². The van der Waals surface area contributed by atoms with Crippen LogP contribution in [0.1, 0.15) is 45.5 Å². The molecule has 1 spiro atoms. The van der Waals surface area contributed by atoms with E-state index in [9.17, 15) is 9.59 Å². The third kappa shape index (κ3) is 3.52.